The maximum atomic E-state index is 12.4. The van der Waals surface area contributed by atoms with Gasteiger partial charge >= 0.3 is 0 Å². The Morgan fingerprint density at radius 2 is 1.78 bits per heavy atom. The van der Waals surface area contributed by atoms with E-state index in [1.54, 1.807) is 25.1 Å². The van der Waals surface area contributed by atoms with Crippen LogP contribution in [-0.2, 0) is 4.79 Å². The molecule has 1 N–H and O–H groups in total. The molecule has 146 valence electrons. The van der Waals surface area contributed by atoms with Gasteiger partial charge in [-0.05, 0) is 88.3 Å². The molecule has 4 bridgehead atoms. The molecule has 6 heteroatoms. The number of ether oxygens (including phenoxy) is 1. The van der Waals surface area contributed by atoms with Gasteiger partial charge in [0.25, 0.3) is 5.91 Å². The predicted molar refractivity (Wildman–Crippen MR) is 108 cm³/mol. The van der Waals surface area contributed by atoms with Gasteiger partial charge in [0, 0.05) is 16.1 Å². The highest BCUT2D eigenvalue weighted by Crippen LogP contribution is 2.60. The SMILES string of the molecule is C/C(=N/NC(=O)C(C)Oc1ccc(Cl)cc1Cl)C12CC3CC(CC(C3)C1)C2. The lowest BCUT2D eigenvalue weighted by Crippen LogP contribution is -2.50. The molecule has 0 aromatic heterocycles. The molecule has 27 heavy (non-hydrogen) atoms. The topological polar surface area (TPSA) is 50.7 Å². The highest BCUT2D eigenvalue weighted by molar-refractivity contribution is 6.35. The Balaban J connectivity index is 1.39. The second-order valence-corrected chi connectivity index (χ2v) is 9.55. The van der Waals surface area contributed by atoms with Crippen molar-refractivity contribution >= 4 is 34.8 Å². The number of nitrogens with zero attached hydrogens (tertiary/aromatic N) is 1. The lowest BCUT2D eigenvalue weighted by Gasteiger charge is -2.56. The van der Waals surface area contributed by atoms with E-state index in [1.807, 2.05) is 0 Å². The van der Waals surface area contributed by atoms with Crippen LogP contribution >= 0.6 is 23.2 Å². The van der Waals surface area contributed by atoms with Crippen molar-refractivity contribution in [1.82, 2.24) is 5.43 Å². The van der Waals surface area contributed by atoms with E-state index in [0.717, 1.165) is 23.5 Å². The van der Waals surface area contributed by atoms with E-state index in [2.05, 4.69) is 17.5 Å². The molecular weight excluding hydrogens is 383 g/mol. The van der Waals surface area contributed by atoms with Crippen molar-refractivity contribution in [3.63, 3.8) is 0 Å². The zero-order chi connectivity index (χ0) is 19.2. The molecule has 1 atom stereocenters. The van der Waals surface area contributed by atoms with Crippen LogP contribution in [0.4, 0.5) is 0 Å². The number of carbonyl (C=O) groups is 1. The molecule has 4 fully saturated rings. The molecule has 4 nitrogen and oxygen atoms in total. The number of hydrazone groups is 1. The Bertz CT molecular complexity index is 742. The van der Waals surface area contributed by atoms with Crippen LogP contribution in [0.25, 0.3) is 0 Å². The van der Waals surface area contributed by atoms with Crippen molar-refractivity contribution in [2.45, 2.75) is 58.5 Å². The fourth-order valence-electron chi connectivity index (χ4n) is 5.72. The van der Waals surface area contributed by atoms with E-state index in [9.17, 15) is 4.79 Å². The molecule has 1 amide bonds. The lowest BCUT2D eigenvalue weighted by atomic mass is 9.48. The first kappa shape index (κ1) is 19.1. The summed E-state index contributed by atoms with van der Waals surface area (Å²) in [6.07, 6.45) is 7.18. The van der Waals surface area contributed by atoms with Gasteiger partial charge < -0.3 is 4.74 Å². The first-order chi connectivity index (χ1) is 12.8. The van der Waals surface area contributed by atoms with E-state index >= 15 is 0 Å². The number of benzene rings is 1. The molecule has 1 unspecified atom stereocenters. The number of halogens is 2. The van der Waals surface area contributed by atoms with Gasteiger partial charge in [-0.3, -0.25) is 4.79 Å². The van der Waals surface area contributed by atoms with Crippen molar-refractivity contribution in [2.24, 2.45) is 28.3 Å². The maximum absolute atomic E-state index is 12.4. The molecular formula is C21H26Cl2N2O2. The molecule has 4 aliphatic rings. The first-order valence-electron chi connectivity index (χ1n) is 9.81. The van der Waals surface area contributed by atoms with Crippen molar-refractivity contribution < 1.29 is 9.53 Å². The molecule has 1 aromatic carbocycles. The number of hydrogen-bond donors (Lipinski definition) is 1. The zero-order valence-electron chi connectivity index (χ0n) is 15.8. The van der Waals surface area contributed by atoms with Crippen molar-refractivity contribution in [1.29, 1.82) is 0 Å². The first-order valence-corrected chi connectivity index (χ1v) is 10.6. The van der Waals surface area contributed by atoms with Gasteiger partial charge in [-0.25, -0.2) is 5.43 Å². The Kier molecular flexibility index (Phi) is 5.15. The summed E-state index contributed by atoms with van der Waals surface area (Å²) < 4.78 is 5.67. The van der Waals surface area contributed by atoms with Gasteiger partial charge in [-0.2, -0.15) is 5.10 Å². The standard InChI is InChI=1S/C21H26Cl2N2O2/c1-12(27-19-4-3-17(22)8-18(19)23)20(26)25-24-13(2)21-9-14-5-15(10-21)7-16(6-14)11-21/h3-4,8,12,14-16H,5-7,9-11H2,1-2H3,(H,25,26)/b24-13-. The van der Waals surface area contributed by atoms with Crippen LogP contribution in [0.3, 0.4) is 0 Å². The summed E-state index contributed by atoms with van der Waals surface area (Å²) in [6.45, 7) is 3.77. The van der Waals surface area contributed by atoms with Gasteiger partial charge in [0.2, 0.25) is 0 Å². The number of nitrogens with one attached hydrogen (secondary N) is 1. The van der Waals surface area contributed by atoms with E-state index < -0.39 is 6.10 Å². The second kappa shape index (κ2) is 7.29. The molecule has 4 saturated carbocycles. The minimum Gasteiger partial charge on any atom is -0.479 e. The number of amides is 1. The predicted octanol–water partition coefficient (Wildman–Crippen LogP) is 5.47. The van der Waals surface area contributed by atoms with Crippen molar-refractivity contribution in [2.75, 3.05) is 0 Å². The van der Waals surface area contributed by atoms with Gasteiger partial charge in [0.05, 0.1) is 5.02 Å². The monoisotopic (exact) mass is 408 g/mol. The Morgan fingerprint density at radius 1 is 1.19 bits per heavy atom. The second-order valence-electron chi connectivity index (χ2n) is 8.71. The highest BCUT2D eigenvalue weighted by Gasteiger charge is 2.52. The summed E-state index contributed by atoms with van der Waals surface area (Å²) in [5.41, 5.74) is 3.99. The lowest BCUT2D eigenvalue weighted by molar-refractivity contribution is -0.127. The average molecular weight is 409 g/mol. The average Bonchev–Trinajstić information content (AvgIpc) is 2.60. The van der Waals surface area contributed by atoms with Gasteiger partial charge in [-0.15, -0.1) is 0 Å². The molecule has 0 radical (unpaired) electrons. The van der Waals surface area contributed by atoms with Crippen LogP contribution in [0, 0.1) is 23.2 Å². The van der Waals surface area contributed by atoms with Crippen LogP contribution in [0.2, 0.25) is 10.0 Å². The molecule has 0 heterocycles. The van der Waals surface area contributed by atoms with Crippen LogP contribution in [-0.4, -0.2) is 17.7 Å². The molecule has 4 aliphatic carbocycles. The number of hydrogen-bond acceptors (Lipinski definition) is 3. The molecule has 0 spiro atoms. The third-order valence-corrected chi connectivity index (χ3v) is 7.24. The fourth-order valence-corrected chi connectivity index (χ4v) is 6.17. The van der Waals surface area contributed by atoms with Crippen molar-refractivity contribution in [3.8, 4) is 5.75 Å². The van der Waals surface area contributed by atoms with E-state index in [4.69, 9.17) is 27.9 Å². The third kappa shape index (κ3) is 3.84. The summed E-state index contributed by atoms with van der Waals surface area (Å²) in [5.74, 6) is 2.72. The van der Waals surface area contributed by atoms with Crippen molar-refractivity contribution in [3.05, 3.63) is 28.2 Å². The molecule has 5 rings (SSSR count). The number of rotatable bonds is 5. The van der Waals surface area contributed by atoms with Crippen LogP contribution in [0.5, 0.6) is 5.75 Å². The van der Waals surface area contributed by atoms with Gasteiger partial charge in [-0.1, -0.05) is 23.2 Å². The molecule has 0 saturated heterocycles. The fraction of sp³-hybridized carbons (Fsp3) is 0.619. The van der Waals surface area contributed by atoms with Crippen LogP contribution < -0.4 is 10.2 Å². The smallest absolute Gasteiger partial charge is 0.280 e. The molecule has 0 aliphatic heterocycles. The largest absolute Gasteiger partial charge is 0.479 e. The van der Waals surface area contributed by atoms with E-state index in [1.165, 1.54) is 38.5 Å². The summed E-state index contributed by atoms with van der Waals surface area (Å²) in [7, 11) is 0. The van der Waals surface area contributed by atoms with E-state index in [0.29, 0.717) is 15.8 Å². The minimum absolute atomic E-state index is 0.200. The summed E-state index contributed by atoms with van der Waals surface area (Å²) in [6, 6.07) is 4.94. The zero-order valence-corrected chi connectivity index (χ0v) is 17.3. The Hall–Kier alpha value is -1.26. The maximum Gasteiger partial charge on any atom is 0.280 e. The molecule has 1 aromatic rings. The minimum atomic E-state index is -0.698. The quantitative estimate of drug-likeness (QED) is 0.518. The summed E-state index contributed by atoms with van der Waals surface area (Å²) in [5, 5.41) is 5.41. The Labute approximate surface area is 170 Å². The number of carbonyl (C=O) groups excluding carboxylic acids is 1. The Morgan fingerprint density at radius 3 is 2.33 bits per heavy atom. The van der Waals surface area contributed by atoms with Crippen LogP contribution in [0.1, 0.15) is 52.4 Å². The third-order valence-electron chi connectivity index (χ3n) is 6.71. The highest BCUT2D eigenvalue weighted by atomic mass is 35.5. The normalized spacial score (nSPS) is 33.0. The van der Waals surface area contributed by atoms with Crippen LogP contribution in [0.15, 0.2) is 23.3 Å². The summed E-state index contributed by atoms with van der Waals surface area (Å²) >= 11 is 12.0. The summed E-state index contributed by atoms with van der Waals surface area (Å²) in [4.78, 5) is 12.4. The van der Waals surface area contributed by atoms with E-state index in [-0.39, 0.29) is 11.3 Å². The van der Waals surface area contributed by atoms with Gasteiger partial charge in [0.1, 0.15) is 5.75 Å². The van der Waals surface area contributed by atoms with Gasteiger partial charge in [0.15, 0.2) is 6.10 Å².